The molecule has 178 valence electrons. The third kappa shape index (κ3) is 5.25. The zero-order chi connectivity index (χ0) is 23.5. The number of amides is 3. The molecule has 2 saturated carbocycles. The Bertz CT molecular complexity index is 802. The highest BCUT2D eigenvalue weighted by atomic mass is 19.1. The first-order chi connectivity index (χ1) is 15.2. The number of carbonyl (C=O) groups is 2. The topological polar surface area (TPSA) is 90.5 Å². The average Bonchev–Trinajstić information content (AvgIpc) is 2.75. The predicted molar refractivity (Wildman–Crippen MR) is 122 cm³/mol. The Hall–Kier alpha value is -2.15. The van der Waals surface area contributed by atoms with E-state index in [1.165, 1.54) is 12.1 Å². The lowest BCUT2D eigenvalue weighted by molar-refractivity contribution is -0.142. The van der Waals surface area contributed by atoms with Crippen LogP contribution in [0.4, 0.5) is 9.18 Å². The molecule has 7 heteroatoms. The van der Waals surface area contributed by atoms with E-state index in [-0.39, 0.29) is 52.9 Å². The van der Waals surface area contributed by atoms with Crippen LogP contribution >= 0.6 is 0 Å². The zero-order valence-electron chi connectivity index (χ0n) is 19.7. The Morgan fingerprint density at radius 1 is 1.19 bits per heavy atom. The molecule has 0 spiro atoms. The first-order valence-corrected chi connectivity index (χ1v) is 11.9. The molecular weight excluding hydrogens is 409 g/mol. The number of halogens is 1. The summed E-state index contributed by atoms with van der Waals surface area (Å²) in [6.07, 6.45) is 3.02. The van der Waals surface area contributed by atoms with E-state index in [1.807, 2.05) is 13.8 Å². The quantitative estimate of drug-likeness (QED) is 0.537. The van der Waals surface area contributed by atoms with Gasteiger partial charge in [0, 0.05) is 25.0 Å². The van der Waals surface area contributed by atoms with Gasteiger partial charge in [-0.25, -0.2) is 9.18 Å². The average molecular weight is 448 g/mol. The number of aliphatic hydroxyl groups excluding tert-OH is 1. The van der Waals surface area contributed by atoms with Gasteiger partial charge in [0.15, 0.2) is 0 Å². The maximum atomic E-state index is 13.1. The zero-order valence-corrected chi connectivity index (χ0v) is 19.7. The van der Waals surface area contributed by atoms with E-state index < -0.39 is 6.10 Å². The minimum Gasteiger partial charge on any atom is -0.392 e. The first-order valence-electron chi connectivity index (χ1n) is 11.9. The van der Waals surface area contributed by atoms with Crippen LogP contribution in [0.2, 0.25) is 0 Å². The number of benzene rings is 1. The lowest BCUT2D eigenvalue weighted by Crippen LogP contribution is -2.59. The summed E-state index contributed by atoms with van der Waals surface area (Å²) in [4.78, 5) is 25.0. The maximum absolute atomic E-state index is 13.1. The molecular formula is C25H38FN3O3. The molecule has 2 fully saturated rings. The van der Waals surface area contributed by atoms with Crippen molar-refractivity contribution in [1.82, 2.24) is 16.0 Å². The monoisotopic (exact) mass is 447 g/mol. The van der Waals surface area contributed by atoms with Crippen LogP contribution in [0.1, 0.15) is 58.9 Å². The summed E-state index contributed by atoms with van der Waals surface area (Å²) in [5.74, 6) is -0.727. The third-order valence-electron chi connectivity index (χ3n) is 7.98. The fourth-order valence-electron chi connectivity index (χ4n) is 6.02. The van der Waals surface area contributed by atoms with Crippen molar-refractivity contribution in [2.45, 2.75) is 72.1 Å². The highest BCUT2D eigenvalue weighted by molar-refractivity contribution is 5.78. The molecule has 2 aliphatic carbocycles. The van der Waals surface area contributed by atoms with E-state index in [2.05, 4.69) is 29.8 Å². The Morgan fingerprint density at radius 2 is 1.84 bits per heavy atom. The van der Waals surface area contributed by atoms with Crippen molar-refractivity contribution in [1.29, 1.82) is 0 Å². The van der Waals surface area contributed by atoms with Gasteiger partial charge in [-0.15, -0.1) is 0 Å². The molecule has 0 unspecified atom stereocenters. The number of carbonyl (C=O) groups excluding carboxylic acids is 2. The van der Waals surface area contributed by atoms with Crippen molar-refractivity contribution in [2.75, 3.05) is 6.54 Å². The van der Waals surface area contributed by atoms with Crippen molar-refractivity contribution in [3.8, 4) is 0 Å². The largest absolute Gasteiger partial charge is 0.392 e. The Labute approximate surface area is 190 Å². The summed E-state index contributed by atoms with van der Waals surface area (Å²) in [7, 11) is 0. The van der Waals surface area contributed by atoms with Crippen LogP contribution < -0.4 is 16.0 Å². The molecule has 0 saturated heterocycles. The van der Waals surface area contributed by atoms with Crippen LogP contribution in [0.5, 0.6) is 0 Å². The number of urea groups is 1. The van der Waals surface area contributed by atoms with Crippen LogP contribution in [0.25, 0.3) is 0 Å². The molecule has 3 rings (SSSR count). The van der Waals surface area contributed by atoms with Gasteiger partial charge in [-0.1, -0.05) is 32.9 Å². The summed E-state index contributed by atoms with van der Waals surface area (Å²) in [5, 5.41) is 20.3. The highest BCUT2D eigenvalue weighted by Gasteiger charge is 2.53. The van der Waals surface area contributed by atoms with Crippen LogP contribution in [0.3, 0.4) is 0 Å². The normalized spacial score (nSPS) is 33.0. The number of aliphatic hydroxyl groups is 1. The van der Waals surface area contributed by atoms with Gasteiger partial charge in [-0.3, -0.25) is 4.79 Å². The van der Waals surface area contributed by atoms with Gasteiger partial charge in [-0.05, 0) is 73.5 Å². The Balaban J connectivity index is 1.65. The van der Waals surface area contributed by atoms with Gasteiger partial charge in [0.2, 0.25) is 5.91 Å². The summed E-state index contributed by atoms with van der Waals surface area (Å²) < 4.78 is 13.1. The molecule has 1 aromatic rings. The van der Waals surface area contributed by atoms with Gasteiger partial charge in [-0.2, -0.15) is 0 Å². The maximum Gasteiger partial charge on any atom is 0.315 e. The number of hydrogen-bond donors (Lipinski definition) is 4. The fourth-order valence-corrected chi connectivity index (χ4v) is 6.02. The minimum absolute atomic E-state index is 0.00985. The Morgan fingerprint density at radius 3 is 2.50 bits per heavy atom. The van der Waals surface area contributed by atoms with E-state index in [0.29, 0.717) is 13.1 Å². The molecule has 4 N–H and O–H groups in total. The van der Waals surface area contributed by atoms with Gasteiger partial charge < -0.3 is 21.1 Å². The summed E-state index contributed by atoms with van der Waals surface area (Å²) in [6.45, 7) is 9.04. The fraction of sp³-hybridized carbons (Fsp3) is 0.680. The second kappa shape index (κ2) is 10.2. The van der Waals surface area contributed by atoms with E-state index in [1.54, 1.807) is 12.1 Å². The SMILES string of the molecule is CCNC(=O)N[C@@H]1CC[C@@]2(C)CC[C@@H]([C@H](C)C(=O)NCc3ccc(F)cc3)[C@H](O)[C@H]2[C@@H]1C. The van der Waals surface area contributed by atoms with E-state index >= 15 is 0 Å². The number of nitrogens with one attached hydrogen (secondary N) is 3. The number of rotatable bonds is 6. The number of fused-ring (bicyclic) bond motifs is 1. The lowest BCUT2D eigenvalue weighted by atomic mass is 9.52. The van der Waals surface area contributed by atoms with Crippen molar-refractivity contribution in [2.24, 2.45) is 29.1 Å². The molecule has 0 bridgehead atoms. The smallest absolute Gasteiger partial charge is 0.315 e. The first kappa shape index (κ1) is 24.5. The standard InChI is InChI=1S/C25H38FN3O3/c1-5-27-24(32)29-20-11-13-25(4)12-10-19(22(30)21(25)16(20)3)15(2)23(31)28-14-17-6-8-18(26)9-7-17/h6-9,15-16,19-22,30H,5,10-14H2,1-4H3,(H,28,31)(H2,27,29,32)/t15-,16+,19-,20+,21+,22-,25+/m0/s1. The van der Waals surface area contributed by atoms with Gasteiger partial charge >= 0.3 is 6.03 Å². The third-order valence-corrected chi connectivity index (χ3v) is 7.98. The summed E-state index contributed by atoms with van der Waals surface area (Å²) in [5.41, 5.74) is 0.850. The predicted octanol–water partition coefficient (Wildman–Crippen LogP) is 3.59. The van der Waals surface area contributed by atoms with Crippen LogP contribution in [0.15, 0.2) is 24.3 Å². The van der Waals surface area contributed by atoms with Crippen LogP contribution in [-0.2, 0) is 11.3 Å². The lowest BCUT2D eigenvalue weighted by Gasteiger charge is -2.56. The second-order valence-corrected chi connectivity index (χ2v) is 10.0. The van der Waals surface area contributed by atoms with Crippen molar-refractivity contribution < 1.29 is 19.1 Å². The van der Waals surface area contributed by atoms with Crippen molar-refractivity contribution in [3.63, 3.8) is 0 Å². The molecule has 2 aliphatic rings. The molecule has 7 atom stereocenters. The molecule has 6 nitrogen and oxygen atoms in total. The molecule has 3 amide bonds. The van der Waals surface area contributed by atoms with Crippen LogP contribution in [0, 0.1) is 34.9 Å². The van der Waals surface area contributed by atoms with Gasteiger partial charge in [0.25, 0.3) is 0 Å². The van der Waals surface area contributed by atoms with E-state index in [4.69, 9.17) is 0 Å². The molecule has 0 heterocycles. The van der Waals surface area contributed by atoms with Gasteiger partial charge in [0.05, 0.1) is 6.10 Å². The van der Waals surface area contributed by atoms with E-state index in [0.717, 1.165) is 31.2 Å². The highest BCUT2D eigenvalue weighted by Crippen LogP contribution is 2.55. The second-order valence-electron chi connectivity index (χ2n) is 10.0. The molecule has 0 aromatic heterocycles. The van der Waals surface area contributed by atoms with Crippen LogP contribution in [-0.4, -0.2) is 35.7 Å². The summed E-state index contributed by atoms with van der Waals surface area (Å²) in [6, 6.07) is 5.93. The Kier molecular flexibility index (Phi) is 7.80. The van der Waals surface area contributed by atoms with Gasteiger partial charge in [0.1, 0.15) is 5.82 Å². The summed E-state index contributed by atoms with van der Waals surface area (Å²) >= 11 is 0. The molecule has 1 aromatic carbocycles. The minimum atomic E-state index is -0.603. The molecule has 32 heavy (non-hydrogen) atoms. The molecule has 0 radical (unpaired) electrons. The van der Waals surface area contributed by atoms with Crippen molar-refractivity contribution >= 4 is 11.9 Å². The molecule has 0 aliphatic heterocycles. The van der Waals surface area contributed by atoms with Crippen molar-refractivity contribution in [3.05, 3.63) is 35.6 Å². The van der Waals surface area contributed by atoms with E-state index in [9.17, 15) is 19.1 Å². The number of hydrogen-bond acceptors (Lipinski definition) is 3.